The van der Waals surface area contributed by atoms with E-state index in [4.69, 9.17) is 0 Å². The molecule has 0 aliphatic heterocycles. The van der Waals surface area contributed by atoms with Gasteiger partial charge in [0.05, 0.1) is 23.1 Å². The van der Waals surface area contributed by atoms with E-state index in [1.165, 1.54) is 0 Å². The molecule has 2 N–H and O–H groups in total. The average molecular weight is 693 g/mol. The van der Waals surface area contributed by atoms with Crippen LogP contribution in [0.5, 0.6) is 5.75 Å². The number of benzene rings is 1. The van der Waals surface area contributed by atoms with Gasteiger partial charge in [-0.1, -0.05) is 0 Å². The van der Waals surface area contributed by atoms with Gasteiger partial charge in [0, 0.05) is 23.3 Å². The number of amides is 3. The van der Waals surface area contributed by atoms with Crippen LogP contribution >= 0.6 is 15.9 Å². The first-order valence-electron chi connectivity index (χ1n) is 10.5. The Hall–Kier alpha value is -3.78. The number of nitrogens with zero attached hydrogens (tertiary/aromatic N) is 2. The van der Waals surface area contributed by atoms with Crippen molar-refractivity contribution in [2.24, 2.45) is 0 Å². The minimum atomic E-state index is -6.61. The molecule has 1 heterocycles. The van der Waals surface area contributed by atoms with Crippen molar-refractivity contribution in [1.82, 2.24) is 9.88 Å². The fraction of sp³-hybridized carbons (Fsp3) is 0.333. The maximum absolute atomic E-state index is 14.5. The topological polar surface area (TPSA) is 101 Å². The number of likely N-dealkylation sites (N-methyl/N-ethyl adjacent to an activating group) is 1. The van der Waals surface area contributed by atoms with Crippen molar-refractivity contribution in [3.8, 4) is 5.75 Å². The molecule has 1 aromatic carbocycles. The molecule has 2 rings (SSSR count). The number of hydrogen-bond donors (Lipinski definition) is 2. The molecular formula is C21H13BrF12N4O4. The van der Waals surface area contributed by atoms with Gasteiger partial charge in [-0.3, -0.25) is 19.4 Å². The van der Waals surface area contributed by atoms with Crippen molar-refractivity contribution in [3.05, 3.63) is 46.2 Å². The zero-order chi connectivity index (χ0) is 32.4. The third kappa shape index (κ3) is 7.94. The molecule has 3 amide bonds. The standard InChI is InChI=1S/C21H13BrF12N4O4/c1-38(7-18(25,26)27)16(41)15(40)36-10-2-8(5-35-6-10)14(39)37-13-11(22)3-9(4-12(13)42-17(23)24)19(28,20(29,30)31)21(32,33)34/h2-6,17H,7H2,1H3,(H,36,40)(H,37,39). The predicted molar refractivity (Wildman–Crippen MR) is 120 cm³/mol. The molecule has 8 nitrogen and oxygen atoms in total. The molecule has 42 heavy (non-hydrogen) atoms. The van der Waals surface area contributed by atoms with E-state index in [0.29, 0.717) is 7.05 Å². The molecule has 2 aromatic rings. The van der Waals surface area contributed by atoms with Crippen LogP contribution in [0.15, 0.2) is 35.1 Å². The van der Waals surface area contributed by atoms with Crippen LogP contribution in [0.2, 0.25) is 0 Å². The summed E-state index contributed by atoms with van der Waals surface area (Å²) >= 11 is 2.48. The second kappa shape index (κ2) is 12.2. The number of pyridine rings is 1. The van der Waals surface area contributed by atoms with E-state index >= 15 is 0 Å². The number of hydrogen-bond acceptors (Lipinski definition) is 5. The third-order valence-corrected chi connectivity index (χ3v) is 5.53. The van der Waals surface area contributed by atoms with Crippen LogP contribution in [0, 0.1) is 0 Å². The quantitative estimate of drug-likeness (QED) is 0.276. The number of alkyl halides is 12. The number of halogens is 13. The Labute approximate surface area is 234 Å². The lowest BCUT2D eigenvalue weighted by molar-refractivity contribution is -0.348. The number of nitrogens with one attached hydrogen (secondary N) is 2. The van der Waals surface area contributed by atoms with E-state index < -0.39 is 87.8 Å². The number of carbonyl (C=O) groups is 3. The normalized spacial score (nSPS) is 12.6. The van der Waals surface area contributed by atoms with E-state index in [0.717, 1.165) is 18.5 Å². The maximum Gasteiger partial charge on any atom is 0.435 e. The molecule has 21 heteroatoms. The Morgan fingerprint density at radius 3 is 2.00 bits per heavy atom. The van der Waals surface area contributed by atoms with Gasteiger partial charge in [0.2, 0.25) is 0 Å². The van der Waals surface area contributed by atoms with Crippen molar-refractivity contribution < 1.29 is 71.8 Å². The monoisotopic (exact) mass is 692 g/mol. The maximum atomic E-state index is 14.5. The van der Waals surface area contributed by atoms with Crippen molar-refractivity contribution in [2.45, 2.75) is 30.8 Å². The number of carbonyl (C=O) groups excluding carboxylic acids is 3. The molecule has 0 spiro atoms. The molecule has 1 aromatic heterocycles. The number of ether oxygens (including phenoxy) is 1. The Bertz CT molecular complexity index is 1330. The summed E-state index contributed by atoms with van der Waals surface area (Å²) in [4.78, 5) is 40.0. The molecule has 0 atom stereocenters. The van der Waals surface area contributed by atoms with Crippen molar-refractivity contribution in [3.63, 3.8) is 0 Å². The first-order chi connectivity index (χ1) is 19.0. The van der Waals surface area contributed by atoms with Gasteiger partial charge in [0.1, 0.15) is 6.54 Å². The van der Waals surface area contributed by atoms with Gasteiger partial charge in [0.25, 0.3) is 5.91 Å². The minimum absolute atomic E-state index is 0.0225. The first-order valence-corrected chi connectivity index (χ1v) is 11.3. The summed E-state index contributed by atoms with van der Waals surface area (Å²) in [5, 5.41) is 3.66. The smallest absolute Gasteiger partial charge is 0.433 e. The van der Waals surface area contributed by atoms with Crippen LogP contribution in [-0.2, 0) is 15.3 Å². The van der Waals surface area contributed by atoms with Crippen LogP contribution in [0.25, 0.3) is 0 Å². The Balaban J connectivity index is 2.42. The lowest BCUT2D eigenvalue weighted by Gasteiger charge is -2.31. The van der Waals surface area contributed by atoms with Gasteiger partial charge in [-0.15, -0.1) is 0 Å². The van der Waals surface area contributed by atoms with Crippen LogP contribution in [0.1, 0.15) is 15.9 Å². The second-order valence-corrected chi connectivity index (χ2v) is 8.86. The molecular weight excluding hydrogens is 680 g/mol. The predicted octanol–water partition coefficient (Wildman–Crippen LogP) is 5.95. The summed E-state index contributed by atoms with van der Waals surface area (Å²) in [7, 11) is 0.663. The zero-order valence-corrected chi connectivity index (χ0v) is 21.7. The van der Waals surface area contributed by atoms with Gasteiger partial charge >= 0.3 is 42.6 Å². The van der Waals surface area contributed by atoms with Gasteiger partial charge in [-0.2, -0.15) is 48.3 Å². The molecule has 0 unspecified atom stereocenters. The van der Waals surface area contributed by atoms with Gasteiger partial charge in [0.15, 0.2) is 5.75 Å². The lowest BCUT2D eigenvalue weighted by Crippen LogP contribution is -2.50. The van der Waals surface area contributed by atoms with Crippen molar-refractivity contribution in [2.75, 3.05) is 24.2 Å². The SMILES string of the molecule is CN(CC(F)(F)F)C(=O)C(=O)Nc1cncc(C(=O)Nc2c(Br)cc(C(F)(C(F)(F)F)C(F)(F)F)cc2OC(F)F)c1. The van der Waals surface area contributed by atoms with Crippen LogP contribution in [0.4, 0.5) is 64.1 Å². The minimum Gasteiger partial charge on any atom is -0.433 e. The highest BCUT2D eigenvalue weighted by Gasteiger charge is 2.73. The highest BCUT2D eigenvalue weighted by molar-refractivity contribution is 9.10. The van der Waals surface area contributed by atoms with Crippen molar-refractivity contribution in [1.29, 1.82) is 0 Å². The average Bonchev–Trinajstić information content (AvgIpc) is 2.82. The summed E-state index contributed by atoms with van der Waals surface area (Å²) < 4.78 is 160. The summed E-state index contributed by atoms with van der Waals surface area (Å²) in [5.41, 5.74) is -10.3. The summed E-state index contributed by atoms with van der Waals surface area (Å²) in [6, 6.07) is 0.311. The van der Waals surface area contributed by atoms with E-state index in [9.17, 15) is 67.1 Å². The number of anilines is 2. The molecule has 0 fully saturated rings. The van der Waals surface area contributed by atoms with Gasteiger partial charge in [-0.05, 0) is 34.1 Å². The molecule has 0 radical (unpaired) electrons. The van der Waals surface area contributed by atoms with E-state index in [1.807, 2.05) is 10.6 Å². The summed E-state index contributed by atoms with van der Waals surface area (Å²) in [6.07, 6.45) is -16.5. The lowest BCUT2D eigenvalue weighted by atomic mass is 9.93. The Kier molecular flexibility index (Phi) is 10.0. The van der Waals surface area contributed by atoms with Crippen molar-refractivity contribution >= 4 is 45.0 Å². The summed E-state index contributed by atoms with van der Waals surface area (Å²) in [6.45, 7) is -5.67. The largest absolute Gasteiger partial charge is 0.435 e. The molecule has 0 saturated carbocycles. The summed E-state index contributed by atoms with van der Waals surface area (Å²) in [5.74, 6) is -6.16. The van der Waals surface area contributed by atoms with Crippen LogP contribution in [0.3, 0.4) is 0 Å². The molecule has 0 bridgehead atoms. The van der Waals surface area contributed by atoms with Gasteiger partial charge < -0.3 is 20.3 Å². The Morgan fingerprint density at radius 2 is 1.50 bits per heavy atom. The zero-order valence-electron chi connectivity index (χ0n) is 20.1. The fourth-order valence-electron chi connectivity index (χ4n) is 3.10. The van der Waals surface area contributed by atoms with E-state index in [1.54, 1.807) is 0 Å². The van der Waals surface area contributed by atoms with E-state index in [-0.39, 0.29) is 17.0 Å². The molecule has 232 valence electrons. The highest BCUT2D eigenvalue weighted by atomic mass is 79.9. The molecule has 0 aliphatic carbocycles. The number of aromatic nitrogens is 1. The van der Waals surface area contributed by atoms with Crippen LogP contribution < -0.4 is 15.4 Å². The van der Waals surface area contributed by atoms with Gasteiger partial charge in [-0.25, -0.2) is 4.39 Å². The molecule has 0 saturated heterocycles. The highest BCUT2D eigenvalue weighted by Crippen LogP contribution is 2.55. The van der Waals surface area contributed by atoms with Crippen LogP contribution in [-0.4, -0.2) is 66.3 Å². The first kappa shape index (κ1) is 34.4. The number of rotatable bonds is 7. The Morgan fingerprint density at radius 1 is 0.929 bits per heavy atom. The third-order valence-electron chi connectivity index (χ3n) is 4.90. The molecule has 0 aliphatic rings. The second-order valence-electron chi connectivity index (χ2n) is 8.01. The fourth-order valence-corrected chi connectivity index (χ4v) is 3.64. The van der Waals surface area contributed by atoms with E-state index in [2.05, 4.69) is 25.7 Å².